The van der Waals surface area contributed by atoms with Crippen LogP contribution in [0.2, 0.25) is 0 Å². The first-order valence-corrected chi connectivity index (χ1v) is 8.59. The maximum absolute atomic E-state index is 13.0. The van der Waals surface area contributed by atoms with E-state index in [1.807, 2.05) is 12.1 Å². The molecule has 2 aromatic rings. The fourth-order valence-electron chi connectivity index (χ4n) is 2.62. The molecule has 0 heterocycles. The maximum Gasteiger partial charge on any atom is 0.191 e. The molecule has 2 rings (SSSR count). The van der Waals surface area contributed by atoms with Crippen LogP contribution in [0.25, 0.3) is 0 Å². The molecule has 0 unspecified atom stereocenters. The van der Waals surface area contributed by atoms with E-state index in [4.69, 9.17) is 14.2 Å². The van der Waals surface area contributed by atoms with Crippen molar-refractivity contribution in [3.8, 4) is 17.2 Å². The van der Waals surface area contributed by atoms with Gasteiger partial charge in [0.15, 0.2) is 5.96 Å². The Labute approximate surface area is 182 Å². The number of aliphatic imine (C=N–C) groups is 1. The summed E-state index contributed by atoms with van der Waals surface area (Å²) in [7, 11) is 6.51. The summed E-state index contributed by atoms with van der Waals surface area (Å²) in [6, 6.07) is 10.1. The molecule has 2 N–H and O–H groups in total. The van der Waals surface area contributed by atoms with Crippen molar-refractivity contribution in [2.24, 2.45) is 4.99 Å². The molecule has 0 aliphatic rings. The highest BCUT2D eigenvalue weighted by molar-refractivity contribution is 14.0. The molecule has 0 aromatic heterocycles. The number of halogens is 2. The van der Waals surface area contributed by atoms with Crippen LogP contribution in [0.1, 0.15) is 11.1 Å². The maximum atomic E-state index is 13.0. The molecule has 0 bridgehead atoms. The Kier molecular flexibility index (Phi) is 10.4. The van der Waals surface area contributed by atoms with Crippen molar-refractivity contribution in [1.82, 2.24) is 10.6 Å². The van der Waals surface area contributed by atoms with E-state index >= 15 is 0 Å². The van der Waals surface area contributed by atoms with Gasteiger partial charge in [-0.3, -0.25) is 4.99 Å². The van der Waals surface area contributed by atoms with Crippen molar-refractivity contribution < 1.29 is 18.6 Å². The third-order valence-electron chi connectivity index (χ3n) is 4.09. The predicted molar refractivity (Wildman–Crippen MR) is 120 cm³/mol. The molecule has 8 heteroatoms. The quantitative estimate of drug-likeness (QED) is 0.329. The Morgan fingerprint density at radius 1 is 0.964 bits per heavy atom. The van der Waals surface area contributed by atoms with Crippen molar-refractivity contribution in [2.75, 3.05) is 34.9 Å². The van der Waals surface area contributed by atoms with E-state index in [1.165, 1.54) is 12.1 Å². The Morgan fingerprint density at radius 3 is 2.07 bits per heavy atom. The summed E-state index contributed by atoms with van der Waals surface area (Å²) in [5, 5.41) is 6.49. The van der Waals surface area contributed by atoms with Crippen LogP contribution in [-0.4, -0.2) is 40.9 Å². The number of nitrogens with one attached hydrogen (secondary N) is 2. The lowest BCUT2D eigenvalue weighted by atomic mass is 10.1. The van der Waals surface area contributed by atoms with Gasteiger partial charge in [-0.2, -0.15) is 0 Å². The molecule has 0 spiro atoms. The lowest BCUT2D eigenvalue weighted by Gasteiger charge is -2.17. The van der Waals surface area contributed by atoms with E-state index < -0.39 is 0 Å². The minimum Gasteiger partial charge on any atom is -0.496 e. The van der Waals surface area contributed by atoms with Crippen LogP contribution in [-0.2, 0) is 13.0 Å². The summed E-state index contributed by atoms with van der Waals surface area (Å²) in [6.07, 6.45) is 0.760. The molecular weight excluding hydrogens is 476 g/mol. The van der Waals surface area contributed by atoms with E-state index in [9.17, 15) is 4.39 Å². The van der Waals surface area contributed by atoms with E-state index in [-0.39, 0.29) is 29.8 Å². The highest BCUT2D eigenvalue weighted by atomic mass is 127. The highest BCUT2D eigenvalue weighted by Crippen LogP contribution is 2.33. The van der Waals surface area contributed by atoms with Gasteiger partial charge in [-0.15, -0.1) is 24.0 Å². The Morgan fingerprint density at radius 2 is 1.57 bits per heavy atom. The van der Waals surface area contributed by atoms with Crippen molar-refractivity contribution in [2.45, 2.75) is 13.0 Å². The molecule has 0 radical (unpaired) electrons. The van der Waals surface area contributed by atoms with Gasteiger partial charge in [-0.25, -0.2) is 4.39 Å². The zero-order valence-corrected chi connectivity index (χ0v) is 18.9. The predicted octanol–water partition coefficient (Wildman–Crippen LogP) is 3.38. The molecule has 0 aliphatic heterocycles. The largest absolute Gasteiger partial charge is 0.496 e. The zero-order chi connectivity index (χ0) is 19.6. The van der Waals surface area contributed by atoms with Gasteiger partial charge in [0.05, 0.1) is 33.4 Å². The number of guanidine groups is 1. The van der Waals surface area contributed by atoms with Crippen molar-refractivity contribution >= 4 is 29.9 Å². The van der Waals surface area contributed by atoms with Crippen LogP contribution in [0, 0.1) is 5.82 Å². The summed E-state index contributed by atoms with van der Waals surface area (Å²) in [4.78, 5) is 4.22. The van der Waals surface area contributed by atoms with Gasteiger partial charge in [0.25, 0.3) is 0 Å². The Bertz CT molecular complexity index is 745. The highest BCUT2D eigenvalue weighted by Gasteiger charge is 2.13. The zero-order valence-electron chi connectivity index (χ0n) is 16.5. The van der Waals surface area contributed by atoms with Gasteiger partial charge in [-0.05, 0) is 24.1 Å². The van der Waals surface area contributed by atoms with E-state index in [0.29, 0.717) is 36.3 Å². The number of benzene rings is 2. The molecule has 28 heavy (non-hydrogen) atoms. The van der Waals surface area contributed by atoms with Crippen molar-refractivity contribution in [3.63, 3.8) is 0 Å². The van der Waals surface area contributed by atoms with Crippen LogP contribution < -0.4 is 24.8 Å². The summed E-state index contributed by atoms with van der Waals surface area (Å²) >= 11 is 0. The van der Waals surface area contributed by atoms with Crippen LogP contribution in [0.4, 0.5) is 4.39 Å². The number of methoxy groups -OCH3 is 3. The van der Waals surface area contributed by atoms with Crippen LogP contribution in [0.3, 0.4) is 0 Å². The second kappa shape index (κ2) is 12.3. The average molecular weight is 503 g/mol. The van der Waals surface area contributed by atoms with Gasteiger partial charge in [0.2, 0.25) is 0 Å². The minimum absolute atomic E-state index is 0. The van der Waals surface area contributed by atoms with Gasteiger partial charge in [0.1, 0.15) is 23.1 Å². The van der Waals surface area contributed by atoms with Crippen molar-refractivity contribution in [1.29, 1.82) is 0 Å². The molecule has 2 aromatic carbocycles. The molecule has 0 amide bonds. The first kappa shape index (κ1) is 23.8. The van der Waals surface area contributed by atoms with Crippen molar-refractivity contribution in [3.05, 3.63) is 53.3 Å². The third-order valence-corrected chi connectivity index (χ3v) is 4.09. The smallest absolute Gasteiger partial charge is 0.191 e. The molecule has 154 valence electrons. The number of nitrogens with zero attached hydrogens (tertiary/aromatic N) is 1. The normalized spacial score (nSPS) is 10.7. The minimum atomic E-state index is -0.230. The number of rotatable bonds is 8. The van der Waals surface area contributed by atoms with Crippen LogP contribution in [0.15, 0.2) is 41.4 Å². The second-order valence-corrected chi connectivity index (χ2v) is 5.74. The van der Waals surface area contributed by atoms with Crippen LogP contribution >= 0.6 is 24.0 Å². The summed E-state index contributed by atoms with van der Waals surface area (Å²) in [6.45, 7) is 1.13. The molecular formula is C20H27FIN3O3. The number of hydrogen-bond donors (Lipinski definition) is 2. The third kappa shape index (κ3) is 6.74. The Hall–Kier alpha value is -2.23. The monoisotopic (exact) mass is 503 g/mol. The van der Waals surface area contributed by atoms with Gasteiger partial charge < -0.3 is 24.8 Å². The van der Waals surface area contributed by atoms with Gasteiger partial charge in [0, 0.05) is 25.7 Å². The number of ether oxygens (including phenoxy) is 3. The summed E-state index contributed by atoms with van der Waals surface area (Å²) in [5.41, 5.74) is 1.92. The molecule has 6 nitrogen and oxygen atoms in total. The van der Waals surface area contributed by atoms with Gasteiger partial charge >= 0.3 is 0 Å². The second-order valence-electron chi connectivity index (χ2n) is 5.74. The molecule has 0 atom stereocenters. The summed E-state index contributed by atoms with van der Waals surface area (Å²) in [5.74, 6) is 2.42. The van der Waals surface area contributed by atoms with Gasteiger partial charge in [-0.1, -0.05) is 12.1 Å². The molecule has 0 fully saturated rings. The molecule has 0 saturated carbocycles. The van der Waals surface area contributed by atoms with E-state index in [1.54, 1.807) is 40.5 Å². The lowest BCUT2D eigenvalue weighted by molar-refractivity contribution is 0.368. The SMILES string of the molecule is CN=C(NCCc1ccc(F)cc1)NCc1c(OC)cc(OC)cc1OC.I. The standard InChI is InChI=1S/C20H26FN3O3.HI/c1-22-20(23-10-9-14-5-7-15(21)8-6-14)24-13-17-18(26-3)11-16(25-2)12-19(17)27-4;/h5-8,11-12H,9-10,13H2,1-4H3,(H2,22,23,24);1H. The lowest BCUT2D eigenvalue weighted by Crippen LogP contribution is -2.38. The van der Waals surface area contributed by atoms with Crippen LogP contribution in [0.5, 0.6) is 17.2 Å². The number of hydrogen-bond acceptors (Lipinski definition) is 4. The van der Waals surface area contributed by atoms with E-state index in [0.717, 1.165) is 17.5 Å². The molecule has 0 saturated heterocycles. The first-order valence-electron chi connectivity index (χ1n) is 8.59. The summed E-state index contributed by atoms with van der Waals surface area (Å²) < 4.78 is 29.1. The fraction of sp³-hybridized carbons (Fsp3) is 0.350. The average Bonchev–Trinajstić information content (AvgIpc) is 2.71. The topological polar surface area (TPSA) is 64.1 Å². The molecule has 0 aliphatic carbocycles. The first-order chi connectivity index (χ1) is 13.1. The van der Waals surface area contributed by atoms with E-state index in [2.05, 4.69) is 15.6 Å². The Balaban J connectivity index is 0.00000392. The fourth-order valence-corrected chi connectivity index (χ4v) is 2.62.